The van der Waals surface area contributed by atoms with E-state index in [2.05, 4.69) is 24.5 Å². The first-order valence-corrected chi connectivity index (χ1v) is 6.36. The fourth-order valence-corrected chi connectivity index (χ4v) is 2.17. The van der Waals surface area contributed by atoms with Crippen LogP contribution in [-0.4, -0.2) is 24.7 Å². The van der Waals surface area contributed by atoms with E-state index in [1.165, 1.54) is 12.7 Å². The Hall–Kier alpha value is -1.29. The summed E-state index contributed by atoms with van der Waals surface area (Å²) in [5, 5.41) is 3.27. The Balaban J connectivity index is 2.78. The van der Waals surface area contributed by atoms with Crippen molar-refractivity contribution in [2.24, 2.45) is 5.41 Å². The molecular formula is C14H24N2O2. The average Bonchev–Trinajstić information content (AvgIpc) is 2.77. The van der Waals surface area contributed by atoms with E-state index in [9.17, 15) is 4.79 Å². The van der Waals surface area contributed by atoms with Crippen molar-refractivity contribution in [1.82, 2.24) is 9.88 Å². The molecular weight excluding hydrogens is 228 g/mol. The highest BCUT2D eigenvalue weighted by atomic mass is 16.5. The Morgan fingerprint density at radius 2 is 2.22 bits per heavy atom. The van der Waals surface area contributed by atoms with E-state index >= 15 is 0 Å². The quantitative estimate of drug-likeness (QED) is 0.790. The highest BCUT2D eigenvalue weighted by molar-refractivity contribution is 5.75. The standard InChI is InChI=1S/C14H24N2O2/c1-6-12(15-4)11-7-8-16(9-11)10-14(2,3)13(17)18-5/h7-9,12,15H,6,10H2,1-5H3. The number of nitrogens with one attached hydrogen (secondary N) is 1. The summed E-state index contributed by atoms with van der Waals surface area (Å²) in [6.07, 6.45) is 5.15. The molecule has 0 saturated carbocycles. The topological polar surface area (TPSA) is 43.3 Å². The van der Waals surface area contributed by atoms with Crippen molar-refractivity contribution in [3.63, 3.8) is 0 Å². The van der Waals surface area contributed by atoms with E-state index < -0.39 is 5.41 Å². The zero-order chi connectivity index (χ0) is 13.8. The number of nitrogens with zero attached hydrogens (tertiary/aromatic N) is 1. The average molecular weight is 252 g/mol. The van der Waals surface area contributed by atoms with E-state index in [1.54, 1.807) is 0 Å². The molecule has 0 amide bonds. The number of ether oxygens (including phenoxy) is 1. The van der Waals surface area contributed by atoms with Crippen LogP contribution in [0.3, 0.4) is 0 Å². The summed E-state index contributed by atoms with van der Waals surface area (Å²) in [5.41, 5.74) is 0.743. The SMILES string of the molecule is CCC(NC)c1ccn(CC(C)(C)C(=O)OC)c1. The lowest BCUT2D eigenvalue weighted by Gasteiger charge is -2.22. The molecule has 1 aromatic heterocycles. The van der Waals surface area contributed by atoms with Gasteiger partial charge in [-0.1, -0.05) is 6.92 Å². The van der Waals surface area contributed by atoms with Gasteiger partial charge < -0.3 is 14.6 Å². The summed E-state index contributed by atoms with van der Waals surface area (Å²) >= 11 is 0. The number of rotatable bonds is 6. The number of methoxy groups -OCH3 is 1. The summed E-state index contributed by atoms with van der Waals surface area (Å²) in [6, 6.07) is 2.46. The molecule has 1 N–H and O–H groups in total. The Morgan fingerprint density at radius 3 is 2.72 bits per heavy atom. The van der Waals surface area contributed by atoms with Gasteiger partial charge in [0.2, 0.25) is 0 Å². The van der Waals surface area contributed by atoms with Gasteiger partial charge in [0.05, 0.1) is 12.5 Å². The van der Waals surface area contributed by atoms with Crippen molar-refractivity contribution in [1.29, 1.82) is 0 Å². The predicted molar refractivity (Wildman–Crippen MR) is 72.3 cm³/mol. The van der Waals surface area contributed by atoms with Crippen molar-refractivity contribution < 1.29 is 9.53 Å². The molecule has 0 aromatic carbocycles. The van der Waals surface area contributed by atoms with Crippen molar-refractivity contribution in [3.05, 3.63) is 24.0 Å². The lowest BCUT2D eigenvalue weighted by molar-refractivity contribution is -0.151. The number of carbonyl (C=O) groups is 1. The Bertz CT molecular complexity index is 392. The molecule has 18 heavy (non-hydrogen) atoms. The van der Waals surface area contributed by atoms with Crippen molar-refractivity contribution in [2.75, 3.05) is 14.2 Å². The molecule has 0 aliphatic heterocycles. The van der Waals surface area contributed by atoms with Crippen LogP contribution in [0.5, 0.6) is 0 Å². The van der Waals surface area contributed by atoms with Crippen LogP contribution >= 0.6 is 0 Å². The second kappa shape index (κ2) is 6.05. The van der Waals surface area contributed by atoms with E-state index in [1.807, 2.05) is 31.7 Å². The van der Waals surface area contributed by atoms with E-state index in [-0.39, 0.29) is 5.97 Å². The fourth-order valence-electron chi connectivity index (χ4n) is 2.17. The summed E-state index contributed by atoms with van der Waals surface area (Å²) in [5.74, 6) is -0.182. The number of carbonyl (C=O) groups excluding carboxylic acids is 1. The van der Waals surface area contributed by atoms with Crippen LogP contribution in [-0.2, 0) is 16.1 Å². The molecule has 0 aliphatic carbocycles. The Morgan fingerprint density at radius 1 is 1.56 bits per heavy atom. The second-order valence-corrected chi connectivity index (χ2v) is 5.24. The number of hydrogen-bond donors (Lipinski definition) is 1. The lowest BCUT2D eigenvalue weighted by atomic mass is 9.94. The van der Waals surface area contributed by atoms with Crippen LogP contribution in [0.4, 0.5) is 0 Å². The van der Waals surface area contributed by atoms with Crippen LogP contribution < -0.4 is 5.32 Å². The van der Waals surface area contributed by atoms with Crippen LogP contribution in [0.15, 0.2) is 18.5 Å². The van der Waals surface area contributed by atoms with E-state index in [0.29, 0.717) is 12.6 Å². The van der Waals surface area contributed by atoms with E-state index in [0.717, 1.165) is 6.42 Å². The van der Waals surface area contributed by atoms with Gasteiger partial charge in [-0.3, -0.25) is 4.79 Å². The maximum atomic E-state index is 11.6. The van der Waals surface area contributed by atoms with Crippen LogP contribution in [0.2, 0.25) is 0 Å². The first-order chi connectivity index (χ1) is 8.44. The smallest absolute Gasteiger partial charge is 0.313 e. The Kier molecular flexibility index (Phi) is 4.96. The van der Waals surface area contributed by atoms with Gasteiger partial charge in [-0.2, -0.15) is 0 Å². The minimum atomic E-state index is -0.508. The van der Waals surface area contributed by atoms with Crippen molar-refractivity contribution in [2.45, 2.75) is 39.8 Å². The lowest BCUT2D eigenvalue weighted by Crippen LogP contribution is -2.30. The zero-order valence-electron chi connectivity index (χ0n) is 12.0. The molecule has 4 heteroatoms. The highest BCUT2D eigenvalue weighted by Crippen LogP contribution is 2.22. The fraction of sp³-hybridized carbons (Fsp3) is 0.643. The maximum Gasteiger partial charge on any atom is 0.313 e. The molecule has 4 nitrogen and oxygen atoms in total. The third-order valence-corrected chi connectivity index (χ3v) is 3.25. The molecule has 1 heterocycles. The largest absolute Gasteiger partial charge is 0.469 e. The molecule has 0 fully saturated rings. The first kappa shape index (κ1) is 14.8. The van der Waals surface area contributed by atoms with E-state index in [4.69, 9.17) is 4.74 Å². The maximum absolute atomic E-state index is 11.6. The molecule has 1 atom stereocenters. The molecule has 1 aromatic rings. The van der Waals surface area contributed by atoms with Gasteiger partial charge >= 0.3 is 5.97 Å². The summed E-state index contributed by atoms with van der Waals surface area (Å²) in [7, 11) is 3.39. The van der Waals surface area contributed by atoms with Crippen molar-refractivity contribution >= 4 is 5.97 Å². The zero-order valence-corrected chi connectivity index (χ0v) is 12.0. The summed E-state index contributed by atoms with van der Waals surface area (Å²) in [6.45, 7) is 6.57. The van der Waals surface area contributed by atoms with Crippen LogP contribution in [0, 0.1) is 5.41 Å². The predicted octanol–water partition coefficient (Wildman–Crippen LogP) is 2.36. The van der Waals surface area contributed by atoms with Crippen molar-refractivity contribution in [3.8, 4) is 0 Å². The third-order valence-electron chi connectivity index (χ3n) is 3.25. The first-order valence-electron chi connectivity index (χ1n) is 6.36. The van der Waals surface area contributed by atoms with Crippen LogP contribution in [0.1, 0.15) is 38.8 Å². The molecule has 102 valence electrons. The monoisotopic (exact) mass is 252 g/mol. The van der Waals surface area contributed by atoms with Crippen LogP contribution in [0.25, 0.3) is 0 Å². The number of esters is 1. The Labute approximate surface area is 109 Å². The molecule has 1 rings (SSSR count). The van der Waals surface area contributed by atoms with Gasteiger partial charge in [0, 0.05) is 25.0 Å². The molecule has 1 unspecified atom stereocenters. The van der Waals surface area contributed by atoms with Gasteiger partial charge in [-0.25, -0.2) is 0 Å². The molecule has 0 bridgehead atoms. The molecule has 0 spiro atoms. The van der Waals surface area contributed by atoms with Gasteiger partial charge in [0.25, 0.3) is 0 Å². The van der Waals surface area contributed by atoms with Gasteiger partial charge in [-0.05, 0) is 38.9 Å². The van der Waals surface area contributed by atoms with Gasteiger partial charge in [0.15, 0.2) is 0 Å². The highest BCUT2D eigenvalue weighted by Gasteiger charge is 2.29. The second-order valence-electron chi connectivity index (χ2n) is 5.24. The number of aromatic nitrogens is 1. The summed E-state index contributed by atoms with van der Waals surface area (Å²) in [4.78, 5) is 11.6. The number of hydrogen-bond acceptors (Lipinski definition) is 3. The molecule has 0 saturated heterocycles. The molecule has 0 aliphatic rings. The minimum Gasteiger partial charge on any atom is -0.469 e. The third kappa shape index (κ3) is 3.35. The van der Waals surface area contributed by atoms with Gasteiger partial charge in [0.1, 0.15) is 0 Å². The molecule has 0 radical (unpaired) electrons. The minimum absolute atomic E-state index is 0.182. The van der Waals surface area contributed by atoms with Gasteiger partial charge in [-0.15, -0.1) is 0 Å². The normalized spacial score (nSPS) is 13.4. The summed E-state index contributed by atoms with van der Waals surface area (Å²) < 4.78 is 6.87.